The summed E-state index contributed by atoms with van der Waals surface area (Å²) < 4.78 is 50.4. The molecule has 0 radical (unpaired) electrons. The van der Waals surface area contributed by atoms with E-state index in [0.29, 0.717) is 12.0 Å². The summed E-state index contributed by atoms with van der Waals surface area (Å²) >= 11 is 0. The first-order valence-corrected chi connectivity index (χ1v) is 17.7. The van der Waals surface area contributed by atoms with Crippen LogP contribution in [0.25, 0.3) is 11.0 Å². The van der Waals surface area contributed by atoms with Crippen molar-refractivity contribution in [1.29, 1.82) is 0 Å². The highest BCUT2D eigenvalue weighted by molar-refractivity contribution is 6.01. The number of hydrogen-bond donors (Lipinski definition) is 8. The Morgan fingerprint density at radius 1 is 0.793 bits per heavy atom. The number of carbonyl (C=O) groups is 7. The Kier molecular flexibility index (Phi) is 16.3. The van der Waals surface area contributed by atoms with Crippen LogP contribution < -0.4 is 32.2 Å². The molecule has 58 heavy (non-hydrogen) atoms. The normalized spacial score (nSPS) is 14.4. The quantitative estimate of drug-likeness (QED) is 0.0807. The number of aliphatic carboxylic acids is 2. The molecule has 1 heterocycles. The number of alkyl halides is 3. The Morgan fingerprint density at radius 3 is 2.02 bits per heavy atom. The third-order valence-electron chi connectivity index (χ3n) is 8.65. The Labute approximate surface area is 327 Å². The summed E-state index contributed by atoms with van der Waals surface area (Å²) in [5, 5.41) is 39.9. The van der Waals surface area contributed by atoms with Crippen molar-refractivity contribution in [2.45, 2.75) is 89.5 Å². The maximum atomic E-state index is 13.5. The zero-order valence-corrected chi connectivity index (χ0v) is 31.3. The Balaban J connectivity index is 1.78. The highest BCUT2D eigenvalue weighted by atomic mass is 19.4. The Hall–Kier alpha value is -6.51. The molecule has 0 aliphatic heterocycles. The van der Waals surface area contributed by atoms with Gasteiger partial charge in [0.25, 0.3) is 0 Å². The van der Waals surface area contributed by atoms with Gasteiger partial charge in [0.2, 0.25) is 23.6 Å². The van der Waals surface area contributed by atoms with Crippen molar-refractivity contribution in [2.75, 3.05) is 5.32 Å². The third-order valence-corrected chi connectivity index (χ3v) is 8.65. The number of halogens is 3. The van der Waals surface area contributed by atoms with Crippen LogP contribution in [-0.4, -0.2) is 87.3 Å². The number of carboxylic acids is 2. The number of amides is 5. The van der Waals surface area contributed by atoms with E-state index in [1.807, 2.05) is 0 Å². The standard InChI is InChI=1S/C37H42F3N5O13/c1-4-18(2)30(45-36(56)57-17-20-8-6-5-7-9-20)34(54)42-24(12-13-27(47)48)32(52)44-31(19(3)46)35(55)43-25(16-28(49)50)33(53)41-21-10-11-22-23(37(38,39)40)15-29(51)58-26(22)14-21/h5-11,14-15,18-19,24-25,30-31,46H,4,12-13,16-17H2,1-3H3,(H,41,53)(H,42,54)(H,43,55)(H,44,52)(H,45,56)(H,47,48)(H,49,50)/t18-,19?,24?,25?,30?,31?/m0/s1. The van der Waals surface area contributed by atoms with Crippen LogP contribution in [0.5, 0.6) is 0 Å². The summed E-state index contributed by atoms with van der Waals surface area (Å²) in [6.07, 6.45) is -9.56. The number of fused-ring (bicyclic) bond motifs is 1. The van der Waals surface area contributed by atoms with Crippen LogP contribution in [0.15, 0.2) is 63.8 Å². The molecule has 8 N–H and O–H groups in total. The maximum Gasteiger partial charge on any atom is 0.417 e. The van der Waals surface area contributed by atoms with E-state index in [0.717, 1.165) is 25.1 Å². The van der Waals surface area contributed by atoms with Gasteiger partial charge in [0.1, 0.15) is 36.4 Å². The van der Waals surface area contributed by atoms with Crippen LogP contribution >= 0.6 is 0 Å². The summed E-state index contributed by atoms with van der Waals surface area (Å²) in [5.41, 5.74) is -2.84. The molecular weight excluding hydrogens is 779 g/mol. The zero-order valence-electron chi connectivity index (χ0n) is 31.3. The van der Waals surface area contributed by atoms with E-state index in [4.69, 9.17) is 9.15 Å². The highest BCUT2D eigenvalue weighted by Crippen LogP contribution is 2.34. The lowest BCUT2D eigenvalue weighted by Crippen LogP contribution is -2.61. The summed E-state index contributed by atoms with van der Waals surface area (Å²) in [7, 11) is 0. The predicted octanol–water partition coefficient (Wildman–Crippen LogP) is 2.27. The Bertz CT molecular complexity index is 2040. The summed E-state index contributed by atoms with van der Waals surface area (Å²) in [4.78, 5) is 101. The maximum absolute atomic E-state index is 13.5. The number of nitrogens with one attached hydrogen (secondary N) is 5. The van der Waals surface area contributed by atoms with Crippen LogP contribution in [0.3, 0.4) is 0 Å². The first-order valence-electron chi connectivity index (χ1n) is 17.7. The molecule has 0 aliphatic carbocycles. The van der Waals surface area contributed by atoms with Gasteiger partial charge in [-0.05, 0) is 37.0 Å². The molecule has 0 fully saturated rings. The van der Waals surface area contributed by atoms with Gasteiger partial charge in [-0.15, -0.1) is 0 Å². The van der Waals surface area contributed by atoms with E-state index in [-0.39, 0.29) is 18.4 Å². The van der Waals surface area contributed by atoms with Gasteiger partial charge < -0.3 is 51.1 Å². The number of hydrogen-bond acceptors (Lipinski definition) is 11. The highest BCUT2D eigenvalue weighted by Gasteiger charge is 2.36. The van der Waals surface area contributed by atoms with Crippen LogP contribution in [-0.2, 0) is 46.3 Å². The number of aliphatic hydroxyl groups excluding tert-OH is 1. The summed E-state index contributed by atoms with van der Waals surface area (Å²) in [6, 6.07) is 4.79. The second kappa shape index (κ2) is 20.6. The average Bonchev–Trinajstić information content (AvgIpc) is 3.15. The molecule has 5 amide bonds. The predicted molar refractivity (Wildman–Crippen MR) is 196 cm³/mol. The lowest BCUT2D eigenvalue weighted by atomic mass is 9.97. The van der Waals surface area contributed by atoms with E-state index in [1.54, 1.807) is 44.2 Å². The molecule has 314 valence electrons. The average molecular weight is 822 g/mol. The number of rotatable bonds is 19. The fraction of sp³-hybridized carbons (Fsp3) is 0.405. The first-order chi connectivity index (χ1) is 27.2. The fourth-order valence-electron chi connectivity index (χ4n) is 5.40. The Morgan fingerprint density at radius 2 is 1.43 bits per heavy atom. The molecule has 0 spiro atoms. The summed E-state index contributed by atoms with van der Waals surface area (Å²) in [5.74, 6) is -8.15. The molecule has 0 aliphatic rings. The number of benzene rings is 2. The van der Waals surface area contributed by atoms with E-state index in [9.17, 15) is 66.8 Å². The van der Waals surface area contributed by atoms with Crippen LogP contribution in [0.2, 0.25) is 0 Å². The van der Waals surface area contributed by atoms with Gasteiger partial charge in [-0.25, -0.2) is 9.59 Å². The van der Waals surface area contributed by atoms with Crippen molar-refractivity contribution < 1.29 is 71.2 Å². The molecule has 5 unspecified atom stereocenters. The third kappa shape index (κ3) is 13.6. The van der Waals surface area contributed by atoms with E-state index in [1.165, 1.54) is 0 Å². The number of aliphatic hydroxyl groups is 1. The lowest BCUT2D eigenvalue weighted by molar-refractivity contribution is -0.141. The molecule has 21 heteroatoms. The minimum absolute atomic E-state index is 0.127. The molecule has 3 aromatic rings. The van der Waals surface area contributed by atoms with Gasteiger partial charge in [-0.2, -0.15) is 13.2 Å². The van der Waals surface area contributed by atoms with E-state index < -0.39 is 125 Å². The minimum Gasteiger partial charge on any atom is -0.481 e. The smallest absolute Gasteiger partial charge is 0.417 e. The van der Waals surface area contributed by atoms with Gasteiger partial charge in [-0.3, -0.25) is 28.8 Å². The van der Waals surface area contributed by atoms with Crippen molar-refractivity contribution in [1.82, 2.24) is 21.3 Å². The topological polar surface area (TPSA) is 280 Å². The lowest BCUT2D eigenvalue weighted by Gasteiger charge is -2.28. The van der Waals surface area contributed by atoms with Gasteiger partial charge in [0.15, 0.2) is 0 Å². The van der Waals surface area contributed by atoms with E-state index in [2.05, 4.69) is 26.6 Å². The SMILES string of the molecule is CC[C@H](C)C(NC(=O)OCc1ccccc1)C(=O)NC(CCC(=O)O)C(=O)NC(C(=O)NC(CC(=O)O)C(=O)Nc1ccc2c(C(F)(F)F)cc(=O)oc2c1)C(C)O. The van der Waals surface area contributed by atoms with Crippen LogP contribution in [0, 0.1) is 5.92 Å². The minimum atomic E-state index is -4.93. The van der Waals surface area contributed by atoms with Gasteiger partial charge in [0, 0.05) is 29.6 Å². The van der Waals surface area contributed by atoms with Crippen LogP contribution in [0.4, 0.5) is 23.7 Å². The van der Waals surface area contributed by atoms with Crippen molar-refractivity contribution in [3.05, 3.63) is 76.1 Å². The number of alkyl carbamates (subject to hydrolysis) is 1. The molecule has 18 nitrogen and oxygen atoms in total. The molecule has 2 aromatic carbocycles. The largest absolute Gasteiger partial charge is 0.481 e. The fourth-order valence-corrected chi connectivity index (χ4v) is 5.40. The first kappa shape index (κ1) is 45.9. The van der Waals surface area contributed by atoms with Gasteiger partial charge in [0.05, 0.1) is 18.1 Å². The van der Waals surface area contributed by atoms with E-state index >= 15 is 0 Å². The second-order valence-corrected chi connectivity index (χ2v) is 13.1. The zero-order chi connectivity index (χ0) is 43.3. The molecule has 6 atom stereocenters. The monoisotopic (exact) mass is 821 g/mol. The number of carbonyl (C=O) groups excluding carboxylic acids is 5. The second-order valence-electron chi connectivity index (χ2n) is 13.1. The number of anilines is 1. The number of carboxylic acid groups (broad SMARTS) is 2. The number of ether oxygens (including phenoxy) is 1. The summed E-state index contributed by atoms with van der Waals surface area (Å²) in [6.45, 7) is 4.25. The van der Waals surface area contributed by atoms with Gasteiger partial charge >= 0.3 is 29.8 Å². The van der Waals surface area contributed by atoms with Crippen molar-refractivity contribution in [2.24, 2.45) is 5.92 Å². The molecular formula is C37H42F3N5O13. The molecule has 0 saturated carbocycles. The van der Waals surface area contributed by atoms with Crippen molar-refractivity contribution in [3.63, 3.8) is 0 Å². The van der Waals surface area contributed by atoms with Crippen molar-refractivity contribution >= 4 is 58.3 Å². The van der Waals surface area contributed by atoms with Gasteiger partial charge in [-0.1, -0.05) is 50.6 Å². The molecule has 1 aromatic heterocycles. The molecule has 0 bridgehead atoms. The van der Waals surface area contributed by atoms with Crippen molar-refractivity contribution in [3.8, 4) is 0 Å². The molecule has 0 saturated heterocycles. The van der Waals surface area contributed by atoms with Crippen LogP contribution in [0.1, 0.15) is 57.6 Å². The molecule has 3 rings (SSSR count).